The van der Waals surface area contributed by atoms with Crippen molar-refractivity contribution in [1.82, 2.24) is 0 Å². The van der Waals surface area contributed by atoms with Gasteiger partial charge in [-0.2, -0.15) is 0 Å². The molecule has 0 N–H and O–H groups in total. The highest BCUT2D eigenvalue weighted by Crippen LogP contribution is 2.28. The average molecular weight is 258 g/mol. The van der Waals surface area contributed by atoms with Gasteiger partial charge in [0.2, 0.25) is 0 Å². The van der Waals surface area contributed by atoms with Gasteiger partial charge in [0.15, 0.2) is 0 Å². The molecule has 0 atom stereocenters. The molecule has 0 amide bonds. The molecule has 19 heavy (non-hydrogen) atoms. The zero-order chi connectivity index (χ0) is 14.3. The largest absolute Gasteiger partial charge is 0.493 e. The molecule has 0 aromatic heterocycles. The summed E-state index contributed by atoms with van der Waals surface area (Å²) in [5, 5.41) is 0. The van der Waals surface area contributed by atoms with Crippen molar-refractivity contribution in [3.8, 4) is 17.6 Å². The lowest BCUT2D eigenvalue weighted by atomic mass is 9.98. The zero-order valence-electron chi connectivity index (χ0n) is 12.9. The number of hydrogen-bond acceptors (Lipinski definition) is 1. The van der Waals surface area contributed by atoms with Gasteiger partial charge in [-0.3, -0.25) is 0 Å². The molecule has 0 aliphatic rings. The normalized spacial score (nSPS) is 10.5. The summed E-state index contributed by atoms with van der Waals surface area (Å²) in [6.45, 7) is 11.4. The van der Waals surface area contributed by atoms with Crippen molar-refractivity contribution in [2.24, 2.45) is 5.92 Å². The summed E-state index contributed by atoms with van der Waals surface area (Å²) in [5.74, 6) is 8.14. The highest BCUT2D eigenvalue weighted by atomic mass is 16.5. The standard InChI is InChI=1S/C18H26O/c1-6-7-8-9-16-10-11-18(19-13-14(2)3)17(12-16)15(4)5/h10-12,14-15H,8-9,13H2,1-5H3. The Morgan fingerprint density at radius 2 is 1.89 bits per heavy atom. The Kier molecular flexibility index (Phi) is 6.50. The zero-order valence-corrected chi connectivity index (χ0v) is 12.9. The van der Waals surface area contributed by atoms with Crippen LogP contribution in [0, 0.1) is 17.8 Å². The van der Waals surface area contributed by atoms with Crippen molar-refractivity contribution < 1.29 is 4.74 Å². The van der Waals surface area contributed by atoms with Crippen LogP contribution in [-0.2, 0) is 6.42 Å². The molecular formula is C18H26O. The maximum Gasteiger partial charge on any atom is 0.122 e. The molecular weight excluding hydrogens is 232 g/mol. The molecule has 0 spiro atoms. The van der Waals surface area contributed by atoms with E-state index in [4.69, 9.17) is 4.74 Å². The number of aryl methyl sites for hydroxylation is 1. The maximum absolute atomic E-state index is 5.91. The third kappa shape index (κ3) is 5.39. The minimum absolute atomic E-state index is 0.486. The second kappa shape index (κ2) is 7.89. The Bertz CT molecular complexity index is 446. The first kappa shape index (κ1) is 15.6. The predicted molar refractivity (Wildman–Crippen MR) is 82.6 cm³/mol. The van der Waals surface area contributed by atoms with Crippen molar-refractivity contribution in [2.75, 3.05) is 6.61 Å². The Morgan fingerprint density at radius 3 is 2.47 bits per heavy atom. The molecule has 1 aromatic carbocycles. The Morgan fingerprint density at radius 1 is 1.16 bits per heavy atom. The van der Waals surface area contributed by atoms with Gasteiger partial charge in [-0.25, -0.2) is 0 Å². The molecule has 0 saturated heterocycles. The van der Waals surface area contributed by atoms with Crippen molar-refractivity contribution in [2.45, 2.75) is 53.4 Å². The van der Waals surface area contributed by atoms with E-state index in [2.05, 4.69) is 57.7 Å². The van der Waals surface area contributed by atoms with Crippen molar-refractivity contribution in [3.05, 3.63) is 29.3 Å². The quantitative estimate of drug-likeness (QED) is 0.666. The summed E-state index contributed by atoms with van der Waals surface area (Å²) >= 11 is 0. The molecule has 0 aliphatic carbocycles. The first-order valence-electron chi connectivity index (χ1n) is 7.19. The topological polar surface area (TPSA) is 9.23 Å². The lowest BCUT2D eigenvalue weighted by molar-refractivity contribution is 0.267. The molecule has 0 unspecified atom stereocenters. The molecule has 0 heterocycles. The fourth-order valence-corrected chi connectivity index (χ4v) is 1.92. The van der Waals surface area contributed by atoms with Gasteiger partial charge >= 0.3 is 0 Å². The molecule has 0 radical (unpaired) electrons. The van der Waals surface area contributed by atoms with Gasteiger partial charge in [0.25, 0.3) is 0 Å². The Labute approximate surface area is 118 Å². The van der Waals surface area contributed by atoms with E-state index in [0.29, 0.717) is 11.8 Å². The van der Waals surface area contributed by atoms with Crippen LogP contribution < -0.4 is 4.74 Å². The van der Waals surface area contributed by atoms with Crippen LogP contribution in [0.4, 0.5) is 0 Å². The van der Waals surface area contributed by atoms with E-state index < -0.39 is 0 Å². The van der Waals surface area contributed by atoms with Crippen LogP contribution in [0.15, 0.2) is 18.2 Å². The molecule has 1 heteroatoms. The minimum Gasteiger partial charge on any atom is -0.493 e. The highest BCUT2D eigenvalue weighted by molar-refractivity contribution is 5.39. The third-order valence-corrected chi connectivity index (χ3v) is 2.98. The van der Waals surface area contributed by atoms with E-state index in [9.17, 15) is 0 Å². The van der Waals surface area contributed by atoms with Crippen LogP contribution in [-0.4, -0.2) is 6.61 Å². The van der Waals surface area contributed by atoms with Crippen LogP contribution in [0.1, 0.15) is 58.1 Å². The molecule has 104 valence electrons. The Balaban J connectivity index is 2.83. The SMILES string of the molecule is CC#CCCc1ccc(OCC(C)C)c(C(C)C)c1. The molecule has 1 aromatic rings. The van der Waals surface area contributed by atoms with Crippen molar-refractivity contribution in [3.63, 3.8) is 0 Å². The van der Waals surface area contributed by atoms with Gasteiger partial charge in [0, 0.05) is 6.42 Å². The van der Waals surface area contributed by atoms with E-state index >= 15 is 0 Å². The smallest absolute Gasteiger partial charge is 0.122 e. The average Bonchev–Trinajstić information content (AvgIpc) is 2.37. The number of hydrogen-bond donors (Lipinski definition) is 0. The first-order valence-corrected chi connectivity index (χ1v) is 7.19. The van der Waals surface area contributed by atoms with Crippen LogP contribution in [0.2, 0.25) is 0 Å². The lowest BCUT2D eigenvalue weighted by Crippen LogP contribution is -2.07. The fourth-order valence-electron chi connectivity index (χ4n) is 1.92. The summed E-state index contributed by atoms with van der Waals surface area (Å²) in [5.41, 5.74) is 2.66. The predicted octanol–water partition coefficient (Wildman–Crippen LogP) is 4.80. The van der Waals surface area contributed by atoms with E-state index in [0.717, 1.165) is 25.2 Å². The number of ether oxygens (including phenoxy) is 1. The Hall–Kier alpha value is -1.42. The van der Waals surface area contributed by atoms with E-state index in [1.165, 1.54) is 11.1 Å². The first-order chi connectivity index (χ1) is 9.04. The monoisotopic (exact) mass is 258 g/mol. The van der Waals surface area contributed by atoms with Crippen molar-refractivity contribution in [1.29, 1.82) is 0 Å². The van der Waals surface area contributed by atoms with Gasteiger partial charge in [0.1, 0.15) is 5.75 Å². The van der Waals surface area contributed by atoms with Gasteiger partial charge in [-0.15, -0.1) is 11.8 Å². The molecule has 1 nitrogen and oxygen atoms in total. The van der Waals surface area contributed by atoms with Crippen LogP contribution in [0.25, 0.3) is 0 Å². The number of rotatable bonds is 6. The summed E-state index contributed by atoms with van der Waals surface area (Å²) < 4.78 is 5.91. The maximum atomic E-state index is 5.91. The minimum atomic E-state index is 0.486. The van der Waals surface area contributed by atoms with E-state index in [1.54, 1.807) is 0 Å². The van der Waals surface area contributed by atoms with E-state index in [-0.39, 0.29) is 0 Å². The lowest BCUT2D eigenvalue weighted by Gasteiger charge is -2.16. The van der Waals surface area contributed by atoms with Gasteiger partial charge in [0.05, 0.1) is 6.61 Å². The second-order valence-electron chi connectivity index (χ2n) is 5.66. The van der Waals surface area contributed by atoms with E-state index in [1.807, 2.05) is 6.92 Å². The van der Waals surface area contributed by atoms with Gasteiger partial charge < -0.3 is 4.74 Å². The molecule has 0 fully saturated rings. The molecule has 1 rings (SSSR count). The van der Waals surface area contributed by atoms with Gasteiger partial charge in [-0.1, -0.05) is 39.8 Å². The summed E-state index contributed by atoms with van der Waals surface area (Å²) in [4.78, 5) is 0. The third-order valence-electron chi connectivity index (χ3n) is 2.98. The molecule has 0 bridgehead atoms. The summed E-state index contributed by atoms with van der Waals surface area (Å²) in [6, 6.07) is 6.56. The van der Waals surface area contributed by atoms with Crippen LogP contribution in [0.5, 0.6) is 5.75 Å². The summed E-state index contributed by atoms with van der Waals surface area (Å²) in [6.07, 6.45) is 1.95. The van der Waals surface area contributed by atoms with Gasteiger partial charge in [-0.05, 0) is 42.4 Å². The molecule has 0 aliphatic heterocycles. The fraction of sp³-hybridized carbons (Fsp3) is 0.556. The summed E-state index contributed by atoms with van der Waals surface area (Å²) in [7, 11) is 0. The highest BCUT2D eigenvalue weighted by Gasteiger charge is 2.09. The van der Waals surface area contributed by atoms with Crippen LogP contribution >= 0.6 is 0 Å². The number of benzene rings is 1. The van der Waals surface area contributed by atoms with Crippen molar-refractivity contribution >= 4 is 0 Å². The second-order valence-corrected chi connectivity index (χ2v) is 5.66. The molecule has 0 saturated carbocycles. The van der Waals surface area contributed by atoms with Crippen LogP contribution in [0.3, 0.4) is 0 Å².